The molecular weight excluding hydrogens is 428 g/mol. The number of aromatic nitrogens is 3. The van der Waals surface area contributed by atoms with Crippen LogP contribution in [0.3, 0.4) is 0 Å². The van der Waals surface area contributed by atoms with Gasteiger partial charge < -0.3 is 9.88 Å². The van der Waals surface area contributed by atoms with Gasteiger partial charge in [-0.15, -0.1) is 22.7 Å². The summed E-state index contributed by atoms with van der Waals surface area (Å²) in [5.41, 5.74) is 0.265. The maximum atomic E-state index is 13.1. The first-order valence-electron chi connectivity index (χ1n) is 9.02. The van der Waals surface area contributed by atoms with Crippen LogP contribution in [-0.2, 0) is 6.54 Å². The van der Waals surface area contributed by atoms with Gasteiger partial charge in [-0.3, -0.25) is 9.59 Å². The Kier molecular flexibility index (Phi) is 5.75. The molecule has 3 aromatic heterocycles. The number of nitrogens with zero attached hydrogens (tertiary/aromatic N) is 3. The Hall–Kier alpha value is -2.55. The average Bonchev–Trinajstić information content (AvgIpc) is 3.38. The zero-order chi connectivity index (χ0) is 20.4. The van der Waals surface area contributed by atoms with Gasteiger partial charge >= 0.3 is 0 Å². The monoisotopic (exact) mass is 444 g/mol. The number of carbonyl (C=O) groups excluding carboxylic acids is 1. The van der Waals surface area contributed by atoms with Crippen LogP contribution in [0, 0.1) is 0 Å². The number of halogens is 1. The van der Waals surface area contributed by atoms with E-state index in [1.54, 1.807) is 40.6 Å². The molecule has 1 N–H and O–H groups in total. The molecule has 0 radical (unpaired) electrons. The largest absolute Gasteiger partial charge is 0.330 e. The third-order valence-electron chi connectivity index (χ3n) is 4.29. The zero-order valence-electron chi connectivity index (χ0n) is 15.5. The smallest absolute Gasteiger partial charge is 0.265 e. The third kappa shape index (κ3) is 4.24. The Morgan fingerprint density at radius 2 is 2.17 bits per heavy atom. The molecule has 4 aromatic rings. The van der Waals surface area contributed by atoms with Gasteiger partial charge in [0, 0.05) is 11.6 Å². The minimum atomic E-state index is -0.247. The summed E-state index contributed by atoms with van der Waals surface area (Å²) in [7, 11) is 0. The van der Waals surface area contributed by atoms with Crippen LogP contribution in [0.15, 0.2) is 46.7 Å². The van der Waals surface area contributed by atoms with Crippen molar-refractivity contribution in [3.05, 3.63) is 68.0 Å². The van der Waals surface area contributed by atoms with Crippen molar-refractivity contribution in [2.45, 2.75) is 19.9 Å². The molecule has 0 saturated heterocycles. The van der Waals surface area contributed by atoms with E-state index in [9.17, 15) is 9.59 Å². The Morgan fingerprint density at radius 3 is 2.93 bits per heavy atom. The number of thiophene rings is 1. The second kappa shape index (κ2) is 8.44. The van der Waals surface area contributed by atoms with Crippen molar-refractivity contribution in [2.24, 2.45) is 0 Å². The van der Waals surface area contributed by atoms with E-state index in [0.29, 0.717) is 33.2 Å². The molecule has 0 aliphatic heterocycles. The highest BCUT2D eigenvalue weighted by Gasteiger charge is 2.20. The van der Waals surface area contributed by atoms with Gasteiger partial charge in [0.15, 0.2) is 0 Å². The molecule has 0 unspecified atom stereocenters. The van der Waals surface area contributed by atoms with Crippen LogP contribution in [-0.4, -0.2) is 32.3 Å². The van der Waals surface area contributed by atoms with E-state index in [4.69, 9.17) is 11.6 Å². The van der Waals surface area contributed by atoms with Crippen molar-refractivity contribution < 1.29 is 4.79 Å². The number of carbonyl (C=O) groups is 1. The number of rotatable bonds is 6. The minimum Gasteiger partial charge on any atom is -0.330 e. The quantitative estimate of drug-likeness (QED) is 0.462. The lowest BCUT2D eigenvalue weighted by Gasteiger charge is -2.20. The van der Waals surface area contributed by atoms with Gasteiger partial charge in [0.2, 0.25) is 0 Å². The number of hydrogen-bond acceptors (Lipinski definition) is 6. The Morgan fingerprint density at radius 1 is 1.31 bits per heavy atom. The van der Waals surface area contributed by atoms with Gasteiger partial charge in [0.25, 0.3) is 11.5 Å². The highest BCUT2D eigenvalue weighted by molar-refractivity contribution is 7.21. The highest BCUT2D eigenvalue weighted by Crippen LogP contribution is 2.29. The Labute approximate surface area is 179 Å². The summed E-state index contributed by atoms with van der Waals surface area (Å²) >= 11 is 8.99. The number of nitrogens with one attached hydrogen (secondary N) is 1. The molecule has 0 bridgehead atoms. The van der Waals surface area contributed by atoms with Crippen LogP contribution in [0.1, 0.15) is 28.8 Å². The van der Waals surface area contributed by atoms with E-state index >= 15 is 0 Å². The van der Waals surface area contributed by atoms with E-state index in [-0.39, 0.29) is 18.0 Å². The van der Waals surface area contributed by atoms with Crippen molar-refractivity contribution in [3.8, 4) is 9.88 Å². The zero-order valence-corrected chi connectivity index (χ0v) is 17.9. The topological polar surface area (TPSA) is 79.0 Å². The summed E-state index contributed by atoms with van der Waals surface area (Å²) in [4.78, 5) is 40.4. The van der Waals surface area contributed by atoms with Crippen molar-refractivity contribution in [3.63, 3.8) is 0 Å². The molecule has 1 aromatic carbocycles. The van der Waals surface area contributed by atoms with Crippen LogP contribution in [0.25, 0.3) is 20.8 Å². The predicted molar refractivity (Wildman–Crippen MR) is 118 cm³/mol. The molecule has 0 spiro atoms. The normalized spacial score (nSPS) is 11.1. The lowest BCUT2D eigenvalue weighted by Crippen LogP contribution is -2.32. The van der Waals surface area contributed by atoms with E-state index in [2.05, 4.69) is 15.0 Å². The first-order chi connectivity index (χ1) is 14.0. The third-order valence-corrected chi connectivity index (χ3v) is 6.55. The molecule has 6 nitrogen and oxygen atoms in total. The van der Waals surface area contributed by atoms with Crippen LogP contribution in [0.4, 0.5) is 0 Å². The second-order valence-corrected chi connectivity index (χ2v) is 8.82. The first kappa shape index (κ1) is 19.8. The number of fused-ring (bicyclic) bond motifs is 1. The lowest BCUT2D eigenvalue weighted by molar-refractivity contribution is 0.0743. The van der Waals surface area contributed by atoms with Gasteiger partial charge in [0.1, 0.15) is 15.7 Å². The van der Waals surface area contributed by atoms with Crippen molar-refractivity contribution in [2.75, 3.05) is 6.54 Å². The maximum Gasteiger partial charge on any atom is 0.265 e. The van der Waals surface area contributed by atoms with Crippen LogP contribution < -0.4 is 5.56 Å². The fourth-order valence-corrected chi connectivity index (χ4v) is 4.84. The van der Waals surface area contributed by atoms with Crippen LogP contribution >= 0.6 is 34.3 Å². The lowest BCUT2D eigenvalue weighted by atomic mass is 10.2. The molecule has 4 rings (SSSR count). The fraction of sp³-hybridized carbons (Fsp3) is 0.200. The Balaban J connectivity index is 1.62. The molecule has 0 fully saturated rings. The maximum absolute atomic E-state index is 13.1. The number of aromatic amines is 1. The number of hydrogen-bond donors (Lipinski definition) is 1. The van der Waals surface area contributed by atoms with Crippen molar-refractivity contribution >= 4 is 51.1 Å². The molecule has 9 heteroatoms. The summed E-state index contributed by atoms with van der Waals surface area (Å²) in [5.74, 6) is 0.301. The van der Waals surface area contributed by atoms with E-state index < -0.39 is 0 Å². The first-order valence-corrected chi connectivity index (χ1v) is 11.1. The number of benzene rings is 1. The molecule has 1 amide bonds. The molecule has 3 heterocycles. The minimum absolute atomic E-state index is 0.124. The summed E-state index contributed by atoms with van der Waals surface area (Å²) in [6, 6.07) is 8.89. The molecule has 0 aliphatic carbocycles. The second-order valence-electron chi connectivity index (χ2n) is 6.41. The molecule has 148 valence electrons. The number of H-pyrrole nitrogens is 1. The standard InChI is InChI=1S/C20H17ClN4O2S2/c1-2-7-25(20(27)16-10-22-19(29-16)15-4-3-8-28-15)11-17-23-14-9-12(21)5-6-13(14)18(26)24-17/h3-6,8-10H,2,7,11H2,1H3,(H,23,24,26). The van der Waals surface area contributed by atoms with E-state index in [1.165, 1.54) is 11.3 Å². The number of amides is 1. The van der Waals surface area contributed by atoms with E-state index in [1.807, 2.05) is 24.4 Å². The fourth-order valence-electron chi connectivity index (χ4n) is 2.98. The molecule has 0 atom stereocenters. The van der Waals surface area contributed by atoms with Crippen molar-refractivity contribution in [1.82, 2.24) is 19.9 Å². The van der Waals surface area contributed by atoms with Gasteiger partial charge in [-0.1, -0.05) is 24.6 Å². The highest BCUT2D eigenvalue weighted by atomic mass is 35.5. The van der Waals surface area contributed by atoms with Gasteiger partial charge in [-0.25, -0.2) is 9.97 Å². The average molecular weight is 445 g/mol. The molecule has 0 aliphatic rings. The SMILES string of the molecule is CCCN(Cc1nc2cc(Cl)ccc2c(=O)[nH]1)C(=O)c1cnc(-c2cccs2)s1. The van der Waals surface area contributed by atoms with Crippen LogP contribution in [0.2, 0.25) is 5.02 Å². The number of thiazole rings is 1. The molecule has 29 heavy (non-hydrogen) atoms. The van der Waals surface area contributed by atoms with Gasteiger partial charge in [-0.2, -0.15) is 0 Å². The van der Waals surface area contributed by atoms with Gasteiger partial charge in [-0.05, 0) is 36.1 Å². The Bertz CT molecular complexity index is 1220. The predicted octanol–water partition coefficient (Wildman–Crippen LogP) is 4.81. The summed E-state index contributed by atoms with van der Waals surface area (Å²) in [6.45, 7) is 2.75. The van der Waals surface area contributed by atoms with Crippen LogP contribution in [0.5, 0.6) is 0 Å². The van der Waals surface area contributed by atoms with E-state index in [0.717, 1.165) is 16.3 Å². The van der Waals surface area contributed by atoms with Gasteiger partial charge in [0.05, 0.1) is 28.5 Å². The van der Waals surface area contributed by atoms with Crippen molar-refractivity contribution in [1.29, 1.82) is 0 Å². The summed E-state index contributed by atoms with van der Waals surface area (Å²) < 4.78 is 0. The summed E-state index contributed by atoms with van der Waals surface area (Å²) in [6.07, 6.45) is 2.40. The molecule has 0 saturated carbocycles. The summed E-state index contributed by atoms with van der Waals surface area (Å²) in [5, 5.41) is 3.78. The molecular formula is C20H17ClN4O2S2.